The smallest absolute Gasteiger partial charge is 0.406 e. The number of amides is 1. The fourth-order valence-electron chi connectivity index (χ4n) is 7.92. The van der Waals surface area contributed by atoms with Gasteiger partial charge in [-0.05, 0) is 120 Å². The number of piperidine rings is 1. The molecule has 4 heterocycles. The topological polar surface area (TPSA) is 96.7 Å². The summed E-state index contributed by atoms with van der Waals surface area (Å²) in [5.41, 5.74) is 7.01. The summed E-state index contributed by atoms with van der Waals surface area (Å²) in [5, 5.41) is 7.36. The number of pyridine rings is 1. The third-order valence-corrected chi connectivity index (χ3v) is 11.6. The summed E-state index contributed by atoms with van der Waals surface area (Å²) in [4.78, 5) is 28.1. The molecule has 1 aliphatic heterocycles. The molecule has 0 spiro atoms. The number of rotatable bonds is 10. The van der Waals surface area contributed by atoms with E-state index in [9.17, 15) is 35.5 Å². The first-order chi connectivity index (χ1) is 32.1. The lowest BCUT2D eigenvalue weighted by atomic mass is 9.89. The van der Waals surface area contributed by atoms with Crippen molar-refractivity contribution in [2.45, 2.75) is 51.2 Å². The van der Waals surface area contributed by atoms with Crippen LogP contribution in [0, 0.1) is 5.82 Å². The Morgan fingerprint density at radius 2 is 1.48 bits per heavy atom. The van der Waals surface area contributed by atoms with E-state index in [1.165, 1.54) is 42.7 Å². The number of nitrogens with one attached hydrogen (secondary N) is 2. The van der Waals surface area contributed by atoms with Gasteiger partial charge in [-0.15, -0.1) is 13.2 Å². The minimum Gasteiger partial charge on any atom is -0.406 e. The highest BCUT2D eigenvalue weighted by molar-refractivity contribution is 6.30. The standard InChI is InChI=1S/C29H28ClF3N4O2.C21H13F4N3/c1-2-25-27(37-18-22(30)7-12-26(37)35-25)28(38)34-17-19-3-8-23(9-4-19)36-15-13-21(14-16-36)20-5-10-24(11-6-20)39-29(31,32)33;22-16-7-10-18-19(11-16)26-12-27-20(18)28-17-8-3-14(4-9-17)13-1-5-15(6-2-13)21(23,24)25/h3-12,18,21H,2,13-17H2,1H3,(H,34,38);1-12H,(H,26,27,28). The molecule has 9 nitrogen and oxygen atoms in total. The van der Waals surface area contributed by atoms with E-state index >= 15 is 0 Å². The molecule has 0 radical (unpaired) electrons. The Bertz CT molecular complexity index is 2970. The van der Waals surface area contributed by atoms with Crippen LogP contribution < -0.4 is 20.3 Å². The fraction of sp³-hybridized carbons (Fsp3) is 0.200. The van der Waals surface area contributed by atoms with Crippen molar-refractivity contribution in [3.05, 3.63) is 179 Å². The molecular formula is C50H41ClF7N7O2. The predicted octanol–water partition coefficient (Wildman–Crippen LogP) is 13.0. The number of fused-ring (bicyclic) bond motifs is 2. The maximum absolute atomic E-state index is 13.3. The third kappa shape index (κ3) is 11.4. The molecule has 0 atom stereocenters. The Hall–Kier alpha value is -7.20. The SMILES string of the molecule is CCc1nc2ccc(Cl)cn2c1C(=O)NCc1ccc(N2CCC(c3ccc(OC(F)(F)F)cc3)CC2)cc1.Fc1ccc2c(Nc3ccc(-c4ccc(C(F)(F)F)cc4)cc3)ncnc2c1. The van der Waals surface area contributed by atoms with Gasteiger partial charge in [-0.3, -0.25) is 9.20 Å². The van der Waals surface area contributed by atoms with E-state index in [4.69, 9.17) is 11.6 Å². The summed E-state index contributed by atoms with van der Waals surface area (Å²) in [6.45, 7) is 4.04. The number of aryl methyl sites for hydroxylation is 1. The zero-order valence-corrected chi connectivity index (χ0v) is 36.4. The first-order valence-corrected chi connectivity index (χ1v) is 21.6. The molecule has 344 valence electrons. The predicted molar refractivity (Wildman–Crippen MR) is 244 cm³/mol. The van der Waals surface area contributed by atoms with Gasteiger partial charge in [-0.1, -0.05) is 67.1 Å². The number of alkyl halides is 6. The summed E-state index contributed by atoms with van der Waals surface area (Å²) >= 11 is 6.14. The average molecular weight is 940 g/mol. The largest absolute Gasteiger partial charge is 0.573 e. The molecular weight excluding hydrogens is 899 g/mol. The molecule has 1 saturated heterocycles. The number of ether oxygens (including phenoxy) is 1. The summed E-state index contributed by atoms with van der Waals surface area (Å²) in [7, 11) is 0. The first kappa shape index (κ1) is 46.3. The number of nitrogens with zero attached hydrogens (tertiary/aromatic N) is 5. The second-order valence-electron chi connectivity index (χ2n) is 15.7. The lowest BCUT2D eigenvalue weighted by Gasteiger charge is -2.34. The van der Waals surface area contributed by atoms with Crippen LogP contribution in [0.1, 0.15) is 58.6 Å². The van der Waals surface area contributed by atoms with Crippen molar-refractivity contribution in [1.29, 1.82) is 0 Å². The van der Waals surface area contributed by atoms with Gasteiger partial charge >= 0.3 is 12.5 Å². The Kier molecular flexibility index (Phi) is 13.6. The normalized spacial score (nSPS) is 13.3. The lowest BCUT2D eigenvalue weighted by Crippen LogP contribution is -2.32. The molecule has 1 aliphatic rings. The van der Waals surface area contributed by atoms with Gasteiger partial charge in [0.15, 0.2) is 0 Å². The number of benzene rings is 5. The van der Waals surface area contributed by atoms with Crippen LogP contribution in [0.4, 0.5) is 47.9 Å². The highest BCUT2D eigenvalue weighted by Gasteiger charge is 2.32. The lowest BCUT2D eigenvalue weighted by molar-refractivity contribution is -0.274. The number of hydrogen-bond donors (Lipinski definition) is 2. The molecule has 0 bridgehead atoms. The van der Waals surface area contributed by atoms with Crippen molar-refractivity contribution in [3.8, 4) is 16.9 Å². The van der Waals surface area contributed by atoms with E-state index in [0.29, 0.717) is 51.6 Å². The van der Waals surface area contributed by atoms with E-state index < -0.39 is 18.1 Å². The van der Waals surface area contributed by atoms with Crippen molar-refractivity contribution >= 4 is 51.3 Å². The minimum atomic E-state index is -4.68. The zero-order valence-electron chi connectivity index (χ0n) is 35.7. The maximum Gasteiger partial charge on any atom is 0.573 e. The Morgan fingerprint density at radius 1 is 0.806 bits per heavy atom. The van der Waals surface area contributed by atoms with Crippen molar-refractivity contribution in [1.82, 2.24) is 24.7 Å². The van der Waals surface area contributed by atoms with E-state index in [-0.39, 0.29) is 23.4 Å². The molecule has 5 aromatic carbocycles. The van der Waals surface area contributed by atoms with Crippen LogP contribution in [0.25, 0.3) is 27.7 Å². The van der Waals surface area contributed by atoms with Gasteiger partial charge in [0.2, 0.25) is 0 Å². The van der Waals surface area contributed by atoms with Gasteiger partial charge in [0.25, 0.3) is 5.91 Å². The second-order valence-corrected chi connectivity index (χ2v) is 16.2. The number of halogens is 8. The Labute approximate surface area is 385 Å². The molecule has 0 aliphatic carbocycles. The third-order valence-electron chi connectivity index (χ3n) is 11.3. The molecule has 0 unspecified atom stereocenters. The van der Waals surface area contributed by atoms with E-state index in [2.05, 4.69) is 47.4 Å². The van der Waals surface area contributed by atoms with Crippen LogP contribution in [0.5, 0.6) is 5.75 Å². The number of carbonyl (C=O) groups is 1. The molecule has 0 saturated carbocycles. The number of aromatic nitrogens is 4. The monoisotopic (exact) mass is 939 g/mol. The number of carbonyl (C=O) groups excluding carboxylic acids is 1. The summed E-state index contributed by atoms with van der Waals surface area (Å²) in [6, 6.07) is 34.3. The number of hydrogen-bond acceptors (Lipinski definition) is 7. The summed E-state index contributed by atoms with van der Waals surface area (Å²) in [6.07, 6.45) is -3.55. The Morgan fingerprint density at radius 3 is 2.12 bits per heavy atom. The fourth-order valence-corrected chi connectivity index (χ4v) is 8.08. The van der Waals surface area contributed by atoms with E-state index in [1.807, 2.05) is 19.1 Å². The molecule has 2 N–H and O–H groups in total. The van der Waals surface area contributed by atoms with E-state index in [0.717, 1.165) is 71.8 Å². The van der Waals surface area contributed by atoms with Crippen molar-refractivity contribution in [2.24, 2.45) is 0 Å². The van der Waals surface area contributed by atoms with Gasteiger partial charge in [0.05, 0.1) is 21.8 Å². The molecule has 67 heavy (non-hydrogen) atoms. The number of imidazole rings is 1. The van der Waals surface area contributed by atoms with Gasteiger partial charge in [-0.2, -0.15) is 13.2 Å². The van der Waals surface area contributed by atoms with Crippen LogP contribution >= 0.6 is 11.6 Å². The second kappa shape index (κ2) is 19.7. The maximum atomic E-state index is 13.3. The molecule has 8 aromatic rings. The highest BCUT2D eigenvalue weighted by atomic mass is 35.5. The molecule has 3 aromatic heterocycles. The van der Waals surface area contributed by atoms with Crippen LogP contribution in [0.2, 0.25) is 5.02 Å². The van der Waals surface area contributed by atoms with Crippen LogP contribution in [-0.2, 0) is 19.1 Å². The summed E-state index contributed by atoms with van der Waals surface area (Å²) < 4.78 is 94.3. The van der Waals surface area contributed by atoms with Crippen molar-refractivity contribution < 1.29 is 40.3 Å². The van der Waals surface area contributed by atoms with Gasteiger partial charge in [-0.25, -0.2) is 19.3 Å². The molecule has 17 heteroatoms. The quantitative estimate of drug-likeness (QED) is 0.132. The van der Waals surface area contributed by atoms with Crippen LogP contribution in [-0.4, -0.2) is 44.7 Å². The minimum absolute atomic E-state index is 0.200. The van der Waals surface area contributed by atoms with Gasteiger partial charge in [0, 0.05) is 48.7 Å². The van der Waals surface area contributed by atoms with Crippen LogP contribution in [0.3, 0.4) is 0 Å². The van der Waals surface area contributed by atoms with Crippen molar-refractivity contribution in [3.63, 3.8) is 0 Å². The van der Waals surface area contributed by atoms with Gasteiger partial charge < -0.3 is 20.3 Å². The Balaban J connectivity index is 0.000000192. The van der Waals surface area contributed by atoms with Crippen LogP contribution in [0.15, 0.2) is 140 Å². The first-order valence-electron chi connectivity index (χ1n) is 21.2. The summed E-state index contributed by atoms with van der Waals surface area (Å²) in [5.74, 6) is 0.0444. The zero-order chi connectivity index (χ0) is 47.3. The average Bonchev–Trinajstić information content (AvgIpc) is 3.69. The van der Waals surface area contributed by atoms with E-state index in [1.54, 1.807) is 65.2 Å². The molecule has 1 amide bonds. The molecule has 1 fully saturated rings. The van der Waals surface area contributed by atoms with Gasteiger partial charge in [0.1, 0.15) is 35.1 Å². The number of anilines is 3. The van der Waals surface area contributed by atoms with Crippen molar-refractivity contribution in [2.75, 3.05) is 23.3 Å². The highest BCUT2D eigenvalue weighted by Crippen LogP contribution is 2.34. The molecule has 9 rings (SSSR count).